The van der Waals surface area contributed by atoms with Gasteiger partial charge < -0.3 is 0 Å². The van der Waals surface area contributed by atoms with E-state index in [1.165, 1.54) is 0 Å². The van der Waals surface area contributed by atoms with Crippen LogP contribution in [0.25, 0.3) is 0 Å². The molecule has 2 heteroatoms. The second-order valence-electron chi connectivity index (χ2n) is 3.33. The zero-order valence-corrected chi connectivity index (χ0v) is 5.80. The Balaban J connectivity index is 2.25. The fourth-order valence-electron chi connectivity index (χ4n) is 2.03. The SMILES string of the molecule is O=C1CC[C@@H]2CC(=O)[C@@H]1C2. The summed E-state index contributed by atoms with van der Waals surface area (Å²) >= 11 is 0. The van der Waals surface area contributed by atoms with Crippen molar-refractivity contribution in [2.24, 2.45) is 11.8 Å². The van der Waals surface area contributed by atoms with Crippen LogP contribution in [0.3, 0.4) is 0 Å². The van der Waals surface area contributed by atoms with Crippen LogP contribution < -0.4 is 0 Å². The molecule has 0 aromatic carbocycles. The van der Waals surface area contributed by atoms with Crippen LogP contribution in [-0.4, -0.2) is 11.6 Å². The van der Waals surface area contributed by atoms with Crippen molar-refractivity contribution in [1.29, 1.82) is 0 Å². The molecular formula is C8H10O2. The van der Waals surface area contributed by atoms with Gasteiger partial charge >= 0.3 is 0 Å². The van der Waals surface area contributed by atoms with Crippen molar-refractivity contribution in [2.75, 3.05) is 0 Å². The maximum Gasteiger partial charge on any atom is 0.143 e. The third-order valence-electron chi connectivity index (χ3n) is 2.64. The first-order valence-corrected chi connectivity index (χ1v) is 3.83. The summed E-state index contributed by atoms with van der Waals surface area (Å²) in [6.07, 6.45) is 3.15. The van der Waals surface area contributed by atoms with Gasteiger partial charge in [0.15, 0.2) is 0 Å². The quantitative estimate of drug-likeness (QED) is 0.467. The van der Waals surface area contributed by atoms with Gasteiger partial charge in [-0.25, -0.2) is 0 Å². The summed E-state index contributed by atoms with van der Waals surface area (Å²) in [6, 6.07) is 0. The minimum atomic E-state index is -0.182. The molecule has 2 atom stereocenters. The van der Waals surface area contributed by atoms with Crippen LogP contribution in [0.4, 0.5) is 0 Å². The molecule has 2 rings (SSSR count). The summed E-state index contributed by atoms with van der Waals surface area (Å²) in [4.78, 5) is 22.1. The Kier molecular flexibility index (Phi) is 1.16. The molecular weight excluding hydrogens is 128 g/mol. The van der Waals surface area contributed by atoms with Crippen molar-refractivity contribution in [1.82, 2.24) is 0 Å². The van der Waals surface area contributed by atoms with Crippen LogP contribution in [-0.2, 0) is 9.59 Å². The highest BCUT2D eigenvalue weighted by molar-refractivity contribution is 6.04. The summed E-state index contributed by atoms with van der Waals surface area (Å²) in [5.74, 6) is 0.764. The van der Waals surface area contributed by atoms with Crippen molar-refractivity contribution in [2.45, 2.75) is 25.7 Å². The van der Waals surface area contributed by atoms with Gasteiger partial charge in [-0.1, -0.05) is 0 Å². The minimum absolute atomic E-state index is 0.182. The first-order chi connectivity index (χ1) is 4.77. The predicted molar refractivity (Wildman–Crippen MR) is 35.5 cm³/mol. The molecule has 2 aliphatic carbocycles. The lowest BCUT2D eigenvalue weighted by atomic mass is 9.88. The molecule has 2 aliphatic rings. The topological polar surface area (TPSA) is 34.1 Å². The Bertz CT molecular complexity index is 187. The number of rotatable bonds is 0. The molecule has 0 aromatic heterocycles. The lowest BCUT2D eigenvalue weighted by molar-refractivity contribution is -0.131. The average Bonchev–Trinajstić information content (AvgIpc) is 2.21. The number of fused-ring (bicyclic) bond motifs is 2. The minimum Gasteiger partial charge on any atom is -0.299 e. The molecule has 0 aliphatic heterocycles. The van der Waals surface area contributed by atoms with Crippen molar-refractivity contribution in [3.8, 4) is 0 Å². The van der Waals surface area contributed by atoms with E-state index >= 15 is 0 Å². The van der Waals surface area contributed by atoms with Crippen molar-refractivity contribution < 1.29 is 9.59 Å². The highest BCUT2D eigenvalue weighted by Gasteiger charge is 2.40. The van der Waals surface area contributed by atoms with E-state index in [0.29, 0.717) is 18.8 Å². The third-order valence-corrected chi connectivity index (χ3v) is 2.64. The van der Waals surface area contributed by atoms with Crippen LogP contribution in [0, 0.1) is 11.8 Å². The average molecular weight is 138 g/mol. The molecule has 2 fully saturated rings. The highest BCUT2D eigenvalue weighted by atomic mass is 16.2. The van der Waals surface area contributed by atoms with Gasteiger partial charge in [0.05, 0.1) is 5.92 Å². The zero-order chi connectivity index (χ0) is 7.14. The van der Waals surface area contributed by atoms with Crippen LogP contribution in [0.5, 0.6) is 0 Å². The molecule has 0 N–H and O–H groups in total. The van der Waals surface area contributed by atoms with E-state index in [1.807, 2.05) is 0 Å². The lowest BCUT2D eigenvalue weighted by Gasteiger charge is -2.14. The third kappa shape index (κ3) is 0.713. The van der Waals surface area contributed by atoms with Gasteiger partial charge in [0.2, 0.25) is 0 Å². The Morgan fingerprint density at radius 1 is 1.20 bits per heavy atom. The van der Waals surface area contributed by atoms with Crippen LogP contribution in [0.2, 0.25) is 0 Å². The lowest BCUT2D eigenvalue weighted by Crippen LogP contribution is -2.20. The van der Waals surface area contributed by atoms with E-state index in [-0.39, 0.29) is 17.5 Å². The summed E-state index contributed by atoms with van der Waals surface area (Å²) in [7, 11) is 0. The maximum atomic E-state index is 11.0. The number of hydrogen-bond acceptors (Lipinski definition) is 2. The van der Waals surface area contributed by atoms with Crippen molar-refractivity contribution >= 4 is 11.6 Å². The van der Waals surface area contributed by atoms with Gasteiger partial charge in [-0.05, 0) is 18.8 Å². The van der Waals surface area contributed by atoms with E-state index in [1.54, 1.807) is 0 Å². The molecule has 2 bridgehead atoms. The predicted octanol–water partition coefficient (Wildman–Crippen LogP) is 0.945. The molecule has 0 spiro atoms. The molecule has 54 valence electrons. The number of Topliss-reactive ketones (excluding diaryl/α,β-unsaturated/α-hetero) is 2. The van der Waals surface area contributed by atoms with Crippen molar-refractivity contribution in [3.63, 3.8) is 0 Å². The van der Waals surface area contributed by atoms with Crippen molar-refractivity contribution in [3.05, 3.63) is 0 Å². The summed E-state index contributed by atoms with van der Waals surface area (Å²) in [5.41, 5.74) is 0. The highest BCUT2D eigenvalue weighted by Crippen LogP contribution is 2.37. The van der Waals surface area contributed by atoms with E-state index < -0.39 is 0 Å². The summed E-state index contributed by atoms with van der Waals surface area (Å²) in [5, 5.41) is 0. The molecule has 0 unspecified atom stereocenters. The molecule has 2 nitrogen and oxygen atoms in total. The van der Waals surface area contributed by atoms with Crippen LogP contribution in [0.1, 0.15) is 25.7 Å². The Morgan fingerprint density at radius 2 is 2.00 bits per heavy atom. The molecule has 0 saturated heterocycles. The standard InChI is InChI=1S/C8H10O2/c9-7-2-1-5-3-6(7)8(10)4-5/h5-6H,1-4H2/t5-,6+/m0/s1. The smallest absolute Gasteiger partial charge is 0.143 e. The van der Waals surface area contributed by atoms with Gasteiger partial charge in [0, 0.05) is 12.8 Å². The zero-order valence-electron chi connectivity index (χ0n) is 5.80. The van der Waals surface area contributed by atoms with E-state index in [0.717, 1.165) is 12.8 Å². The van der Waals surface area contributed by atoms with Crippen LogP contribution >= 0.6 is 0 Å². The fraction of sp³-hybridized carbons (Fsp3) is 0.750. The molecule has 0 radical (unpaired) electrons. The Hall–Kier alpha value is -0.660. The molecule has 10 heavy (non-hydrogen) atoms. The Labute approximate surface area is 59.6 Å². The molecule has 2 saturated carbocycles. The second kappa shape index (κ2) is 1.91. The number of carbonyl (C=O) groups is 2. The van der Waals surface area contributed by atoms with Gasteiger partial charge in [0.1, 0.15) is 11.6 Å². The largest absolute Gasteiger partial charge is 0.299 e. The van der Waals surface area contributed by atoms with E-state index in [4.69, 9.17) is 0 Å². The van der Waals surface area contributed by atoms with E-state index in [2.05, 4.69) is 0 Å². The monoisotopic (exact) mass is 138 g/mol. The van der Waals surface area contributed by atoms with Gasteiger partial charge in [-0.2, -0.15) is 0 Å². The number of ketones is 2. The molecule has 0 heterocycles. The number of carbonyl (C=O) groups excluding carboxylic acids is 2. The van der Waals surface area contributed by atoms with Gasteiger partial charge in [-0.15, -0.1) is 0 Å². The maximum absolute atomic E-state index is 11.0. The van der Waals surface area contributed by atoms with Gasteiger partial charge in [0.25, 0.3) is 0 Å². The van der Waals surface area contributed by atoms with E-state index in [9.17, 15) is 9.59 Å². The van der Waals surface area contributed by atoms with Crippen LogP contribution in [0.15, 0.2) is 0 Å². The first kappa shape index (κ1) is 6.08. The van der Waals surface area contributed by atoms with Gasteiger partial charge in [-0.3, -0.25) is 9.59 Å². The second-order valence-corrected chi connectivity index (χ2v) is 3.33. The number of hydrogen-bond donors (Lipinski definition) is 0. The summed E-state index contributed by atoms with van der Waals surface area (Å²) < 4.78 is 0. The molecule has 0 aromatic rings. The fourth-order valence-corrected chi connectivity index (χ4v) is 2.03. The first-order valence-electron chi connectivity index (χ1n) is 3.83. The molecule has 0 amide bonds. The Morgan fingerprint density at radius 3 is 2.70 bits per heavy atom. The summed E-state index contributed by atoms with van der Waals surface area (Å²) in [6.45, 7) is 0. The normalized spacial score (nSPS) is 38.8.